The molecule has 2 amide bonds. The number of nitrogens with one attached hydrogen (secondary N) is 1. The molecule has 128 valence electrons. The highest BCUT2D eigenvalue weighted by Crippen LogP contribution is 2.29. The first-order chi connectivity index (χ1) is 12.0. The molecule has 2 aromatic rings. The lowest BCUT2D eigenvalue weighted by molar-refractivity contribution is -0.385. The van der Waals surface area contributed by atoms with Crippen LogP contribution in [0, 0.1) is 17.0 Å². The van der Waals surface area contributed by atoms with Crippen molar-refractivity contribution in [2.45, 2.75) is 6.92 Å². The molecule has 2 heterocycles. The van der Waals surface area contributed by atoms with Gasteiger partial charge in [-0.2, -0.15) is 0 Å². The van der Waals surface area contributed by atoms with Crippen molar-refractivity contribution in [2.24, 2.45) is 0 Å². The second-order valence-electron chi connectivity index (χ2n) is 5.35. The number of fused-ring (bicyclic) bond motifs is 1. The normalized spacial score (nSPS) is 13.0. The molecule has 0 fully saturated rings. The van der Waals surface area contributed by atoms with Crippen LogP contribution < -0.4 is 15.0 Å². The molecule has 0 radical (unpaired) electrons. The first-order valence-corrected chi connectivity index (χ1v) is 7.39. The molecule has 25 heavy (non-hydrogen) atoms. The van der Waals surface area contributed by atoms with Gasteiger partial charge in [0.1, 0.15) is 6.54 Å². The Morgan fingerprint density at radius 3 is 2.96 bits per heavy atom. The molecular formula is C16H14N4O5. The lowest BCUT2D eigenvalue weighted by Gasteiger charge is -2.27. The van der Waals surface area contributed by atoms with E-state index in [2.05, 4.69) is 10.3 Å². The van der Waals surface area contributed by atoms with Crippen LogP contribution in [0.15, 0.2) is 36.5 Å². The van der Waals surface area contributed by atoms with Crippen LogP contribution >= 0.6 is 0 Å². The lowest BCUT2D eigenvalue weighted by atomic mass is 10.1. The number of ether oxygens (including phenoxy) is 1. The summed E-state index contributed by atoms with van der Waals surface area (Å²) in [6.45, 7) is 1.10. The molecule has 1 aromatic heterocycles. The van der Waals surface area contributed by atoms with Crippen LogP contribution in [0.4, 0.5) is 17.2 Å². The van der Waals surface area contributed by atoms with E-state index in [9.17, 15) is 19.7 Å². The van der Waals surface area contributed by atoms with Crippen molar-refractivity contribution in [2.75, 3.05) is 23.4 Å². The van der Waals surface area contributed by atoms with Gasteiger partial charge in [0.25, 0.3) is 11.6 Å². The standard InChI is InChI=1S/C16H14N4O5/c1-10-11(4-2-5-12(10)20(23)24)18-14(21)8-19-15(22)9-25-13-6-3-7-17-16(13)19/h2-7H,8-9H2,1H3,(H,18,21). The Labute approximate surface area is 142 Å². The molecule has 9 nitrogen and oxygen atoms in total. The number of rotatable bonds is 4. The first-order valence-electron chi connectivity index (χ1n) is 7.39. The van der Waals surface area contributed by atoms with Crippen molar-refractivity contribution in [3.05, 3.63) is 52.2 Å². The van der Waals surface area contributed by atoms with E-state index in [1.54, 1.807) is 25.1 Å². The average Bonchev–Trinajstić information content (AvgIpc) is 2.59. The number of anilines is 2. The summed E-state index contributed by atoms with van der Waals surface area (Å²) in [5.41, 5.74) is 0.570. The smallest absolute Gasteiger partial charge is 0.274 e. The third-order valence-electron chi connectivity index (χ3n) is 3.74. The lowest BCUT2D eigenvalue weighted by Crippen LogP contribution is -2.44. The molecular weight excluding hydrogens is 328 g/mol. The zero-order valence-corrected chi connectivity index (χ0v) is 13.3. The summed E-state index contributed by atoms with van der Waals surface area (Å²) in [6.07, 6.45) is 1.50. The van der Waals surface area contributed by atoms with E-state index in [0.29, 0.717) is 17.0 Å². The van der Waals surface area contributed by atoms with E-state index < -0.39 is 16.7 Å². The Kier molecular flexibility index (Phi) is 4.29. The number of carbonyl (C=O) groups excluding carboxylic acids is 2. The Hall–Kier alpha value is -3.49. The molecule has 1 N–H and O–H groups in total. The molecule has 1 aliphatic rings. The second kappa shape index (κ2) is 6.56. The van der Waals surface area contributed by atoms with E-state index in [4.69, 9.17) is 4.74 Å². The summed E-state index contributed by atoms with van der Waals surface area (Å²) in [7, 11) is 0. The first kappa shape index (κ1) is 16.4. The minimum absolute atomic E-state index is 0.0905. The van der Waals surface area contributed by atoms with Gasteiger partial charge in [0.05, 0.1) is 16.2 Å². The van der Waals surface area contributed by atoms with Gasteiger partial charge in [-0.1, -0.05) is 6.07 Å². The molecule has 0 spiro atoms. The predicted octanol–water partition coefficient (Wildman–Crippen LogP) is 1.66. The fraction of sp³-hybridized carbons (Fsp3) is 0.188. The number of nitro benzene ring substituents is 1. The van der Waals surface area contributed by atoms with E-state index in [1.807, 2.05) is 0 Å². The third-order valence-corrected chi connectivity index (χ3v) is 3.74. The van der Waals surface area contributed by atoms with Gasteiger partial charge in [0, 0.05) is 12.3 Å². The number of amides is 2. The molecule has 0 atom stereocenters. The summed E-state index contributed by atoms with van der Waals surface area (Å²) < 4.78 is 5.27. The monoisotopic (exact) mass is 342 g/mol. The summed E-state index contributed by atoms with van der Waals surface area (Å²) in [4.78, 5) is 40.1. The highest BCUT2D eigenvalue weighted by Gasteiger charge is 2.28. The summed E-state index contributed by atoms with van der Waals surface area (Å²) >= 11 is 0. The fourth-order valence-corrected chi connectivity index (χ4v) is 2.49. The molecule has 0 aliphatic carbocycles. The summed E-state index contributed by atoms with van der Waals surface area (Å²) in [6, 6.07) is 7.73. The van der Waals surface area contributed by atoms with Gasteiger partial charge >= 0.3 is 0 Å². The quantitative estimate of drug-likeness (QED) is 0.667. The molecule has 0 unspecified atom stereocenters. The van der Waals surface area contributed by atoms with Crippen molar-refractivity contribution in [1.82, 2.24) is 4.98 Å². The molecule has 1 aliphatic heterocycles. The van der Waals surface area contributed by atoms with Crippen molar-refractivity contribution >= 4 is 29.0 Å². The largest absolute Gasteiger partial charge is 0.480 e. The summed E-state index contributed by atoms with van der Waals surface area (Å²) in [5.74, 6) is -0.196. The van der Waals surface area contributed by atoms with E-state index in [0.717, 1.165) is 0 Å². The Morgan fingerprint density at radius 1 is 1.40 bits per heavy atom. The Bertz CT molecular complexity index is 867. The zero-order chi connectivity index (χ0) is 18.0. The number of aromatic nitrogens is 1. The number of nitrogens with zero attached hydrogens (tertiary/aromatic N) is 3. The molecule has 1 aromatic carbocycles. The number of nitro groups is 1. The van der Waals surface area contributed by atoms with E-state index >= 15 is 0 Å². The topological polar surface area (TPSA) is 115 Å². The minimum atomic E-state index is -0.517. The fourth-order valence-electron chi connectivity index (χ4n) is 2.49. The van der Waals surface area contributed by atoms with Gasteiger partial charge in [0.15, 0.2) is 18.2 Å². The van der Waals surface area contributed by atoms with Gasteiger partial charge in [-0.25, -0.2) is 4.98 Å². The van der Waals surface area contributed by atoms with Crippen LogP contribution in [-0.2, 0) is 9.59 Å². The van der Waals surface area contributed by atoms with E-state index in [-0.39, 0.29) is 24.7 Å². The van der Waals surface area contributed by atoms with E-state index in [1.165, 1.54) is 23.2 Å². The van der Waals surface area contributed by atoms with Crippen molar-refractivity contribution < 1.29 is 19.2 Å². The van der Waals surface area contributed by atoms with Crippen LogP contribution in [-0.4, -0.2) is 34.9 Å². The predicted molar refractivity (Wildman–Crippen MR) is 88.5 cm³/mol. The van der Waals surface area contributed by atoms with Gasteiger partial charge < -0.3 is 10.1 Å². The molecule has 0 saturated carbocycles. The molecule has 0 saturated heterocycles. The highest BCUT2D eigenvalue weighted by molar-refractivity contribution is 6.04. The maximum absolute atomic E-state index is 12.3. The van der Waals surface area contributed by atoms with Gasteiger partial charge in [-0.15, -0.1) is 0 Å². The number of hydrogen-bond acceptors (Lipinski definition) is 6. The minimum Gasteiger partial charge on any atom is -0.480 e. The van der Waals surface area contributed by atoms with Crippen molar-refractivity contribution in [3.63, 3.8) is 0 Å². The van der Waals surface area contributed by atoms with Crippen LogP contribution in [0.1, 0.15) is 5.56 Å². The van der Waals surface area contributed by atoms with Crippen LogP contribution in [0.5, 0.6) is 5.75 Å². The van der Waals surface area contributed by atoms with Crippen LogP contribution in [0.2, 0.25) is 0 Å². The van der Waals surface area contributed by atoms with Crippen LogP contribution in [0.3, 0.4) is 0 Å². The summed E-state index contributed by atoms with van der Waals surface area (Å²) in [5, 5.41) is 13.6. The van der Waals surface area contributed by atoms with Gasteiger partial charge in [-0.3, -0.25) is 24.6 Å². The second-order valence-corrected chi connectivity index (χ2v) is 5.35. The van der Waals surface area contributed by atoms with Crippen LogP contribution in [0.25, 0.3) is 0 Å². The Balaban J connectivity index is 1.79. The number of benzene rings is 1. The SMILES string of the molecule is Cc1c(NC(=O)CN2C(=O)COc3cccnc32)cccc1[N+](=O)[O-]. The molecule has 0 bridgehead atoms. The van der Waals surface area contributed by atoms with Gasteiger partial charge in [0.2, 0.25) is 5.91 Å². The molecule has 3 rings (SSSR count). The zero-order valence-electron chi connectivity index (χ0n) is 13.3. The van der Waals surface area contributed by atoms with Crippen molar-refractivity contribution in [1.29, 1.82) is 0 Å². The number of pyridine rings is 1. The maximum Gasteiger partial charge on any atom is 0.274 e. The number of carbonyl (C=O) groups is 2. The van der Waals surface area contributed by atoms with Gasteiger partial charge in [-0.05, 0) is 25.1 Å². The molecule has 9 heteroatoms. The third kappa shape index (κ3) is 3.25. The average molecular weight is 342 g/mol. The highest BCUT2D eigenvalue weighted by atomic mass is 16.6. The maximum atomic E-state index is 12.3. The Morgan fingerprint density at radius 2 is 2.20 bits per heavy atom. The number of hydrogen-bond donors (Lipinski definition) is 1. The van der Waals surface area contributed by atoms with Crippen molar-refractivity contribution in [3.8, 4) is 5.75 Å².